The van der Waals surface area contributed by atoms with Crippen molar-refractivity contribution in [1.29, 1.82) is 10.5 Å². The van der Waals surface area contributed by atoms with E-state index >= 15 is 0 Å². The molecule has 0 amide bonds. The van der Waals surface area contributed by atoms with Crippen LogP contribution < -0.4 is 29.6 Å². The molecule has 0 N–H and O–H groups in total. The van der Waals surface area contributed by atoms with Crippen LogP contribution in [0.4, 0.5) is 0 Å². The zero-order valence-electron chi connectivity index (χ0n) is 3.77. The fraction of sp³-hybridized carbons (Fsp3) is 0. The molecule has 0 atom stereocenters. The molecule has 0 saturated carbocycles. The topological polar surface area (TPSA) is 47.6 Å². The number of nitriles is 2. The van der Waals surface area contributed by atoms with Crippen molar-refractivity contribution in [2.45, 2.75) is 0 Å². The van der Waals surface area contributed by atoms with Crippen LogP contribution in [-0.4, -0.2) is 0 Å². The first-order chi connectivity index (χ1) is 2.81. The summed E-state index contributed by atoms with van der Waals surface area (Å²) >= 11 is 2.67. The molecular formula is C3BrN2Na. The predicted molar refractivity (Wildman–Crippen MR) is 23.4 cm³/mol. The second-order valence-electron chi connectivity index (χ2n) is 0.538. The Morgan fingerprint density at radius 1 is 1.29 bits per heavy atom. The molecule has 0 aromatic heterocycles. The van der Waals surface area contributed by atoms with E-state index in [1.54, 1.807) is 12.1 Å². The quantitative estimate of drug-likeness (QED) is 0.308. The van der Waals surface area contributed by atoms with Gasteiger partial charge in [0, 0.05) is 0 Å². The van der Waals surface area contributed by atoms with E-state index in [0.717, 1.165) is 0 Å². The van der Waals surface area contributed by atoms with Crippen molar-refractivity contribution < 1.29 is 29.6 Å². The molecule has 0 rings (SSSR count). The maximum atomic E-state index is 7.78. The summed E-state index contributed by atoms with van der Waals surface area (Å²) in [4.78, 5) is 0.0162. The molecule has 30 valence electrons. The standard InChI is InChI=1S/C3BrN2.Na/c4-3(1-5)2-6;/q-1;+1. The molecule has 4 heteroatoms. The summed E-state index contributed by atoms with van der Waals surface area (Å²) in [5, 5.41) is 15.6. The Hall–Kier alpha value is 0.330. The minimum Gasteiger partial charge on any atom is -0.265 e. The normalized spacial score (nSPS) is 4.43. The van der Waals surface area contributed by atoms with Crippen molar-refractivity contribution in [3.63, 3.8) is 0 Å². The van der Waals surface area contributed by atoms with Gasteiger partial charge in [-0.05, 0) is 0 Å². The third-order valence-corrected chi connectivity index (χ3v) is 0.551. The number of halogens is 1. The molecule has 0 radical (unpaired) electrons. The van der Waals surface area contributed by atoms with Crippen molar-refractivity contribution in [1.82, 2.24) is 0 Å². The smallest absolute Gasteiger partial charge is 0.265 e. The van der Waals surface area contributed by atoms with Gasteiger partial charge in [-0.1, -0.05) is 12.1 Å². The van der Waals surface area contributed by atoms with E-state index in [2.05, 4.69) is 15.9 Å². The number of rotatable bonds is 0. The third kappa shape index (κ3) is 6.33. The van der Waals surface area contributed by atoms with Gasteiger partial charge in [0.2, 0.25) is 0 Å². The average molecular weight is 167 g/mol. The Morgan fingerprint density at radius 3 is 1.57 bits per heavy atom. The average Bonchev–Trinajstić information content (AvgIpc) is 1.65. The van der Waals surface area contributed by atoms with Crippen molar-refractivity contribution in [2.75, 3.05) is 0 Å². The van der Waals surface area contributed by atoms with E-state index in [0.29, 0.717) is 0 Å². The molecule has 0 unspecified atom stereocenters. The van der Waals surface area contributed by atoms with E-state index in [4.69, 9.17) is 10.5 Å². The zero-order valence-corrected chi connectivity index (χ0v) is 7.36. The van der Waals surface area contributed by atoms with Crippen molar-refractivity contribution in [2.24, 2.45) is 0 Å². The number of hydrogen-bond acceptors (Lipinski definition) is 2. The van der Waals surface area contributed by atoms with Crippen molar-refractivity contribution in [3.05, 3.63) is 4.83 Å². The summed E-state index contributed by atoms with van der Waals surface area (Å²) in [6.45, 7) is 0. The Kier molecular flexibility index (Phi) is 9.35. The second kappa shape index (κ2) is 6.33. The molecule has 0 spiro atoms. The summed E-state index contributed by atoms with van der Waals surface area (Å²) in [6, 6.07) is 3.17. The van der Waals surface area contributed by atoms with Gasteiger partial charge in [0.25, 0.3) is 0 Å². The van der Waals surface area contributed by atoms with Gasteiger partial charge < -0.3 is 0 Å². The van der Waals surface area contributed by atoms with Crippen LogP contribution in [0.5, 0.6) is 0 Å². The summed E-state index contributed by atoms with van der Waals surface area (Å²) in [5.74, 6) is 0. The maximum Gasteiger partial charge on any atom is 1.00 e. The van der Waals surface area contributed by atoms with Crippen LogP contribution in [0, 0.1) is 27.5 Å². The minimum atomic E-state index is 0. The molecule has 0 saturated heterocycles. The predicted octanol–water partition coefficient (Wildman–Crippen LogP) is -2.04. The van der Waals surface area contributed by atoms with Gasteiger partial charge in [0.1, 0.15) is 0 Å². The summed E-state index contributed by atoms with van der Waals surface area (Å²) in [5.41, 5.74) is 0. The molecule has 0 aliphatic carbocycles. The Balaban J connectivity index is 0. The summed E-state index contributed by atoms with van der Waals surface area (Å²) < 4.78 is 0. The van der Waals surface area contributed by atoms with Crippen LogP contribution in [-0.2, 0) is 0 Å². The van der Waals surface area contributed by atoms with Gasteiger partial charge in [-0.3, -0.25) is 15.9 Å². The first-order valence-electron chi connectivity index (χ1n) is 1.14. The zero-order chi connectivity index (χ0) is 4.99. The molecule has 2 nitrogen and oxygen atoms in total. The molecule has 0 aliphatic heterocycles. The first kappa shape index (κ1) is 10.3. The Labute approximate surface area is 72.5 Å². The molecule has 0 heterocycles. The van der Waals surface area contributed by atoms with Crippen molar-refractivity contribution in [3.8, 4) is 12.1 Å². The number of nitrogens with zero attached hydrogens (tertiary/aromatic N) is 2. The van der Waals surface area contributed by atoms with E-state index in [1.807, 2.05) is 0 Å². The third-order valence-electron chi connectivity index (χ3n) is 0.196. The molecule has 0 aliphatic rings. The first-order valence-corrected chi connectivity index (χ1v) is 1.93. The molecule has 0 aromatic rings. The molecule has 0 fully saturated rings. The van der Waals surface area contributed by atoms with E-state index < -0.39 is 0 Å². The fourth-order valence-corrected chi connectivity index (χ4v) is 0.0250. The Morgan fingerprint density at radius 2 is 1.57 bits per heavy atom. The summed E-state index contributed by atoms with van der Waals surface area (Å²) in [6.07, 6.45) is 0. The van der Waals surface area contributed by atoms with Crippen LogP contribution in [0.3, 0.4) is 0 Å². The van der Waals surface area contributed by atoms with Gasteiger partial charge in [-0.2, -0.15) is 0 Å². The van der Waals surface area contributed by atoms with E-state index in [1.165, 1.54) is 0 Å². The van der Waals surface area contributed by atoms with Gasteiger partial charge in [0.15, 0.2) is 0 Å². The van der Waals surface area contributed by atoms with E-state index in [9.17, 15) is 0 Å². The van der Waals surface area contributed by atoms with Crippen LogP contribution >= 0.6 is 15.9 Å². The molecule has 0 aromatic carbocycles. The van der Waals surface area contributed by atoms with Gasteiger partial charge in [-0.25, -0.2) is 10.5 Å². The summed E-state index contributed by atoms with van der Waals surface area (Å²) in [7, 11) is 0. The van der Waals surface area contributed by atoms with Crippen LogP contribution in [0.15, 0.2) is 0 Å². The SMILES string of the molecule is N#C[C-](Br)C#N.[Na+]. The van der Waals surface area contributed by atoms with Crippen LogP contribution in [0.2, 0.25) is 0 Å². The fourth-order valence-electron chi connectivity index (χ4n) is 0.0250. The minimum absolute atomic E-state index is 0. The van der Waals surface area contributed by atoms with E-state index in [-0.39, 0.29) is 34.4 Å². The largest absolute Gasteiger partial charge is 1.00 e. The molecule has 7 heavy (non-hydrogen) atoms. The Bertz CT molecular complexity index is 97.1. The molecular weight excluding hydrogens is 167 g/mol. The van der Waals surface area contributed by atoms with Gasteiger partial charge >= 0.3 is 29.6 Å². The van der Waals surface area contributed by atoms with Crippen LogP contribution in [0.25, 0.3) is 0 Å². The van der Waals surface area contributed by atoms with Crippen molar-refractivity contribution >= 4 is 15.9 Å². The monoisotopic (exact) mass is 166 g/mol. The molecule has 0 bridgehead atoms. The van der Waals surface area contributed by atoms with Gasteiger partial charge in [-0.15, -0.1) is 4.83 Å². The van der Waals surface area contributed by atoms with Gasteiger partial charge in [0.05, 0.1) is 0 Å². The number of hydrogen-bond donors (Lipinski definition) is 0. The van der Waals surface area contributed by atoms with Crippen LogP contribution in [0.1, 0.15) is 0 Å². The maximum absolute atomic E-state index is 7.78. The second-order valence-corrected chi connectivity index (χ2v) is 1.33.